The second-order valence-corrected chi connectivity index (χ2v) is 8.67. The second kappa shape index (κ2) is 8.75. The molecule has 0 saturated heterocycles. The molecule has 10 heteroatoms. The molecular formula is C24H21ClN6O3. The van der Waals surface area contributed by atoms with Gasteiger partial charge in [0.15, 0.2) is 0 Å². The molecule has 5 rings (SSSR count). The summed E-state index contributed by atoms with van der Waals surface area (Å²) in [5.41, 5.74) is 2.42. The Bertz CT molecular complexity index is 1490. The van der Waals surface area contributed by atoms with Crippen LogP contribution in [0.25, 0.3) is 16.6 Å². The molecule has 2 N–H and O–H groups in total. The highest BCUT2D eigenvalue weighted by Gasteiger charge is 2.30. The third kappa shape index (κ3) is 4.42. The maximum Gasteiger partial charge on any atom is 0.293 e. The lowest BCUT2D eigenvalue weighted by Crippen LogP contribution is -2.31. The Morgan fingerprint density at radius 3 is 2.53 bits per heavy atom. The lowest BCUT2D eigenvalue weighted by atomic mass is 10.2. The fourth-order valence-electron chi connectivity index (χ4n) is 3.88. The largest absolute Gasteiger partial charge is 0.326 e. The van der Waals surface area contributed by atoms with Gasteiger partial charge in [-0.3, -0.25) is 14.4 Å². The molecular weight excluding hydrogens is 456 g/mol. The lowest BCUT2D eigenvalue weighted by molar-refractivity contribution is -0.117. The molecule has 0 aliphatic heterocycles. The van der Waals surface area contributed by atoms with E-state index in [0.717, 1.165) is 18.5 Å². The van der Waals surface area contributed by atoms with Gasteiger partial charge in [-0.25, -0.2) is 9.36 Å². The third-order valence-electron chi connectivity index (χ3n) is 5.49. The molecule has 0 radical (unpaired) electrons. The number of benzene rings is 2. The standard InChI is InChI=1S/C24H21ClN6O3/c1-14(32)27-17-5-3-6-18(11-17)28-21(33)13-30-24(34)23-20(22(29-30)15-8-9-15)12-26-31(23)19-7-2-4-16(25)10-19/h2-7,10-12,15H,8-9,13H2,1H3,(H,27,32)(H,28,33). The maximum atomic E-state index is 13.4. The monoisotopic (exact) mass is 476 g/mol. The first kappa shape index (κ1) is 21.8. The first-order valence-electron chi connectivity index (χ1n) is 10.8. The van der Waals surface area contributed by atoms with E-state index in [1.54, 1.807) is 53.3 Å². The van der Waals surface area contributed by atoms with Crippen molar-refractivity contribution in [1.29, 1.82) is 0 Å². The average Bonchev–Trinajstić information content (AvgIpc) is 3.53. The number of hydrogen-bond acceptors (Lipinski definition) is 5. The molecule has 2 aromatic heterocycles. The van der Waals surface area contributed by atoms with E-state index in [0.29, 0.717) is 33.0 Å². The summed E-state index contributed by atoms with van der Waals surface area (Å²) in [6.07, 6.45) is 3.60. The van der Waals surface area contributed by atoms with Gasteiger partial charge in [0.25, 0.3) is 5.56 Å². The number of anilines is 2. The van der Waals surface area contributed by atoms with Crippen molar-refractivity contribution in [1.82, 2.24) is 19.6 Å². The number of carbonyl (C=O) groups is 2. The van der Waals surface area contributed by atoms with Crippen LogP contribution in [0.1, 0.15) is 31.4 Å². The quantitative estimate of drug-likeness (QED) is 0.440. The highest BCUT2D eigenvalue weighted by Crippen LogP contribution is 2.41. The van der Waals surface area contributed by atoms with Crippen LogP contribution < -0.4 is 16.2 Å². The summed E-state index contributed by atoms with van der Waals surface area (Å²) >= 11 is 6.15. The van der Waals surface area contributed by atoms with Gasteiger partial charge in [0.05, 0.1) is 17.6 Å². The molecule has 2 amide bonds. The predicted octanol–water partition coefficient (Wildman–Crippen LogP) is 3.71. The van der Waals surface area contributed by atoms with Gasteiger partial charge in [0.1, 0.15) is 12.1 Å². The van der Waals surface area contributed by atoms with Crippen molar-refractivity contribution < 1.29 is 9.59 Å². The van der Waals surface area contributed by atoms with Gasteiger partial charge in [-0.05, 0) is 49.2 Å². The van der Waals surface area contributed by atoms with E-state index in [4.69, 9.17) is 11.6 Å². The number of nitrogens with zero attached hydrogens (tertiary/aromatic N) is 4. The first-order valence-corrected chi connectivity index (χ1v) is 11.2. The highest BCUT2D eigenvalue weighted by molar-refractivity contribution is 6.30. The van der Waals surface area contributed by atoms with Crippen LogP contribution in [0, 0.1) is 0 Å². The molecule has 4 aromatic rings. The number of nitrogens with one attached hydrogen (secondary N) is 2. The summed E-state index contributed by atoms with van der Waals surface area (Å²) in [4.78, 5) is 37.5. The number of aromatic nitrogens is 4. The Morgan fingerprint density at radius 1 is 1.09 bits per heavy atom. The van der Waals surface area contributed by atoms with E-state index in [2.05, 4.69) is 20.8 Å². The van der Waals surface area contributed by atoms with Crippen LogP contribution in [0.15, 0.2) is 59.5 Å². The maximum absolute atomic E-state index is 13.4. The van der Waals surface area contributed by atoms with Crippen LogP contribution in [0.5, 0.6) is 0 Å². The molecule has 2 aromatic carbocycles. The smallest absolute Gasteiger partial charge is 0.293 e. The van der Waals surface area contributed by atoms with E-state index >= 15 is 0 Å². The van der Waals surface area contributed by atoms with Crippen molar-refractivity contribution in [3.05, 3.63) is 75.8 Å². The number of amides is 2. The average molecular weight is 477 g/mol. The van der Waals surface area contributed by atoms with Crippen molar-refractivity contribution >= 4 is 45.7 Å². The van der Waals surface area contributed by atoms with Crippen LogP contribution in [0.2, 0.25) is 5.02 Å². The Kier molecular flexibility index (Phi) is 5.62. The third-order valence-corrected chi connectivity index (χ3v) is 5.72. The fourth-order valence-corrected chi connectivity index (χ4v) is 4.06. The van der Waals surface area contributed by atoms with E-state index in [1.807, 2.05) is 6.07 Å². The van der Waals surface area contributed by atoms with Gasteiger partial charge in [-0.2, -0.15) is 10.2 Å². The van der Waals surface area contributed by atoms with E-state index in [1.165, 1.54) is 11.6 Å². The number of fused-ring (bicyclic) bond motifs is 1. The molecule has 34 heavy (non-hydrogen) atoms. The van der Waals surface area contributed by atoms with Gasteiger partial charge < -0.3 is 10.6 Å². The van der Waals surface area contributed by atoms with E-state index in [-0.39, 0.29) is 18.4 Å². The Hall–Kier alpha value is -3.98. The number of carbonyl (C=O) groups excluding carboxylic acids is 2. The zero-order valence-corrected chi connectivity index (χ0v) is 19.0. The van der Waals surface area contributed by atoms with Crippen molar-refractivity contribution in [2.24, 2.45) is 0 Å². The zero-order valence-electron chi connectivity index (χ0n) is 18.3. The summed E-state index contributed by atoms with van der Waals surface area (Å²) in [7, 11) is 0. The van der Waals surface area contributed by atoms with Gasteiger partial charge in [0, 0.05) is 34.6 Å². The zero-order chi connectivity index (χ0) is 23.8. The van der Waals surface area contributed by atoms with Crippen LogP contribution >= 0.6 is 11.6 Å². The highest BCUT2D eigenvalue weighted by atomic mass is 35.5. The molecule has 1 fully saturated rings. The van der Waals surface area contributed by atoms with Gasteiger partial charge in [-0.1, -0.05) is 23.7 Å². The van der Waals surface area contributed by atoms with Crippen LogP contribution in [0.4, 0.5) is 11.4 Å². The van der Waals surface area contributed by atoms with Crippen LogP contribution in [-0.2, 0) is 16.1 Å². The van der Waals surface area contributed by atoms with E-state index in [9.17, 15) is 14.4 Å². The molecule has 0 unspecified atom stereocenters. The molecule has 1 aliphatic rings. The van der Waals surface area contributed by atoms with Gasteiger partial charge in [0.2, 0.25) is 11.8 Å². The SMILES string of the molecule is CC(=O)Nc1cccc(NC(=O)Cn2nc(C3CC3)c3cnn(-c4cccc(Cl)c4)c3c2=O)c1. The molecule has 172 valence electrons. The molecule has 0 atom stereocenters. The van der Waals surface area contributed by atoms with Crippen molar-refractivity contribution in [3.63, 3.8) is 0 Å². The Labute approximate surface area is 199 Å². The minimum atomic E-state index is -0.418. The summed E-state index contributed by atoms with van der Waals surface area (Å²) in [5.74, 6) is -0.385. The lowest BCUT2D eigenvalue weighted by Gasteiger charge is -2.11. The minimum Gasteiger partial charge on any atom is -0.326 e. The molecule has 2 heterocycles. The molecule has 1 aliphatic carbocycles. The van der Waals surface area contributed by atoms with E-state index < -0.39 is 11.5 Å². The fraction of sp³-hybridized carbons (Fsp3) is 0.208. The number of halogens is 1. The van der Waals surface area contributed by atoms with Crippen LogP contribution in [0.3, 0.4) is 0 Å². The van der Waals surface area contributed by atoms with Gasteiger partial charge >= 0.3 is 0 Å². The van der Waals surface area contributed by atoms with Crippen molar-refractivity contribution in [2.45, 2.75) is 32.2 Å². The summed E-state index contributed by atoms with van der Waals surface area (Å²) in [6.45, 7) is 1.14. The molecule has 1 saturated carbocycles. The summed E-state index contributed by atoms with van der Waals surface area (Å²) in [5, 5.41) is 15.6. The summed E-state index contributed by atoms with van der Waals surface area (Å²) in [6, 6.07) is 13.8. The molecule has 9 nitrogen and oxygen atoms in total. The Morgan fingerprint density at radius 2 is 1.82 bits per heavy atom. The molecule has 0 bridgehead atoms. The topological polar surface area (TPSA) is 111 Å². The first-order chi connectivity index (χ1) is 16.4. The minimum absolute atomic E-state index is 0.212. The number of rotatable bonds is 6. The van der Waals surface area contributed by atoms with Crippen molar-refractivity contribution in [3.8, 4) is 5.69 Å². The summed E-state index contributed by atoms with van der Waals surface area (Å²) < 4.78 is 2.73. The van der Waals surface area contributed by atoms with Gasteiger partial charge in [-0.15, -0.1) is 0 Å². The molecule has 0 spiro atoms. The second-order valence-electron chi connectivity index (χ2n) is 8.23. The van der Waals surface area contributed by atoms with Crippen molar-refractivity contribution in [2.75, 3.05) is 10.6 Å². The Balaban J connectivity index is 1.49. The normalized spacial score (nSPS) is 13.1. The van der Waals surface area contributed by atoms with Crippen LogP contribution in [-0.4, -0.2) is 31.4 Å². The number of hydrogen-bond donors (Lipinski definition) is 2. The predicted molar refractivity (Wildman–Crippen MR) is 129 cm³/mol.